The van der Waals surface area contributed by atoms with Gasteiger partial charge >= 0.3 is 0 Å². The van der Waals surface area contributed by atoms with Crippen molar-refractivity contribution in [1.82, 2.24) is 5.32 Å². The van der Waals surface area contributed by atoms with Crippen molar-refractivity contribution in [3.05, 3.63) is 36.5 Å². The molecule has 0 bridgehead atoms. The van der Waals surface area contributed by atoms with Gasteiger partial charge in [-0.1, -0.05) is 237 Å². The minimum absolute atomic E-state index is 0.189. The summed E-state index contributed by atoms with van der Waals surface area (Å²) in [5.41, 5.74) is 0. The van der Waals surface area contributed by atoms with E-state index in [-0.39, 0.29) is 12.5 Å². The van der Waals surface area contributed by atoms with Gasteiger partial charge < -0.3 is 40.3 Å². The second-order valence-electron chi connectivity index (χ2n) is 19.7. The number of rotatable bonds is 48. The van der Waals surface area contributed by atoms with Crippen molar-refractivity contribution in [2.75, 3.05) is 13.2 Å². The summed E-state index contributed by atoms with van der Waals surface area (Å²) in [4.78, 5) is 13.0. The fourth-order valence-corrected chi connectivity index (χ4v) is 8.93. The summed E-state index contributed by atoms with van der Waals surface area (Å²) in [5.74, 6) is -0.189. The van der Waals surface area contributed by atoms with E-state index < -0.39 is 49.5 Å². The van der Waals surface area contributed by atoms with Crippen LogP contribution in [-0.2, 0) is 14.3 Å². The molecule has 0 aromatic heterocycles. The average molecular weight is 934 g/mol. The number of carbonyl (C=O) groups is 1. The van der Waals surface area contributed by atoms with Crippen molar-refractivity contribution < 1.29 is 39.8 Å². The number of carbonyl (C=O) groups excluding carboxylic acids is 1. The lowest BCUT2D eigenvalue weighted by atomic mass is 9.99. The molecule has 1 rings (SSSR count). The van der Waals surface area contributed by atoms with E-state index in [1.807, 2.05) is 6.08 Å². The normalized spacial score (nSPS) is 20.0. The monoisotopic (exact) mass is 934 g/mol. The molecule has 9 heteroatoms. The van der Waals surface area contributed by atoms with Gasteiger partial charge in [0.15, 0.2) is 6.29 Å². The second kappa shape index (κ2) is 47.1. The molecule has 0 aromatic carbocycles. The lowest BCUT2D eigenvalue weighted by molar-refractivity contribution is -0.302. The molecule has 9 nitrogen and oxygen atoms in total. The first-order chi connectivity index (χ1) is 32.3. The molecule has 66 heavy (non-hydrogen) atoms. The fraction of sp³-hybridized carbons (Fsp3) is 0.877. The first-order valence-corrected chi connectivity index (χ1v) is 28.2. The van der Waals surface area contributed by atoms with E-state index in [9.17, 15) is 30.3 Å². The van der Waals surface area contributed by atoms with Gasteiger partial charge in [0.2, 0.25) is 5.91 Å². The molecule has 1 aliphatic rings. The highest BCUT2D eigenvalue weighted by atomic mass is 16.7. The van der Waals surface area contributed by atoms with Crippen molar-refractivity contribution >= 4 is 5.91 Å². The Bertz CT molecular complexity index is 1130. The Balaban J connectivity index is 2.26. The zero-order chi connectivity index (χ0) is 48.0. The summed E-state index contributed by atoms with van der Waals surface area (Å²) in [6, 6.07) is -0.823. The molecule has 7 atom stereocenters. The van der Waals surface area contributed by atoms with Crippen LogP contribution in [0.5, 0.6) is 0 Å². The summed E-state index contributed by atoms with van der Waals surface area (Å²) < 4.78 is 11.2. The maximum Gasteiger partial charge on any atom is 0.220 e. The van der Waals surface area contributed by atoms with Crippen LogP contribution in [0.15, 0.2) is 36.5 Å². The van der Waals surface area contributed by atoms with Crippen LogP contribution < -0.4 is 5.32 Å². The molecule has 0 saturated carbocycles. The van der Waals surface area contributed by atoms with Gasteiger partial charge in [-0.2, -0.15) is 0 Å². The largest absolute Gasteiger partial charge is 0.394 e. The molecule has 6 N–H and O–H groups in total. The van der Waals surface area contributed by atoms with Gasteiger partial charge in [-0.05, 0) is 57.8 Å². The fourth-order valence-electron chi connectivity index (χ4n) is 8.93. The first kappa shape index (κ1) is 62.4. The molecular formula is C57H107NO8. The highest BCUT2D eigenvalue weighted by Crippen LogP contribution is 2.23. The number of aliphatic hydroxyl groups excluding tert-OH is 5. The third-order valence-corrected chi connectivity index (χ3v) is 13.4. The highest BCUT2D eigenvalue weighted by molar-refractivity contribution is 5.76. The summed E-state index contributed by atoms with van der Waals surface area (Å²) >= 11 is 0. The highest BCUT2D eigenvalue weighted by Gasteiger charge is 2.44. The van der Waals surface area contributed by atoms with Crippen molar-refractivity contribution in [2.45, 2.75) is 307 Å². The van der Waals surface area contributed by atoms with Gasteiger partial charge in [-0.3, -0.25) is 4.79 Å². The molecule has 1 saturated heterocycles. The van der Waals surface area contributed by atoms with Crippen LogP contribution in [0.4, 0.5) is 0 Å². The Labute approximate surface area is 406 Å². The minimum Gasteiger partial charge on any atom is -0.394 e. The number of aliphatic hydroxyl groups is 5. The number of nitrogens with one attached hydrogen (secondary N) is 1. The number of allylic oxidation sites excluding steroid dienone is 5. The van der Waals surface area contributed by atoms with E-state index in [1.165, 1.54) is 193 Å². The summed E-state index contributed by atoms with van der Waals surface area (Å²) in [5, 5.41) is 54.4. The van der Waals surface area contributed by atoms with Crippen molar-refractivity contribution in [1.29, 1.82) is 0 Å². The number of hydrogen-bond acceptors (Lipinski definition) is 8. The van der Waals surface area contributed by atoms with E-state index in [0.717, 1.165) is 51.4 Å². The van der Waals surface area contributed by atoms with Gasteiger partial charge in [0.05, 0.1) is 25.4 Å². The zero-order valence-electron chi connectivity index (χ0n) is 43.0. The van der Waals surface area contributed by atoms with Gasteiger partial charge in [0.1, 0.15) is 24.4 Å². The molecule has 1 aliphatic heterocycles. The Hall–Kier alpha value is -1.59. The van der Waals surface area contributed by atoms with Crippen LogP contribution in [-0.4, -0.2) is 87.5 Å². The molecule has 1 heterocycles. The van der Waals surface area contributed by atoms with Gasteiger partial charge in [0.25, 0.3) is 0 Å². The van der Waals surface area contributed by atoms with Gasteiger partial charge in [0, 0.05) is 6.42 Å². The molecule has 0 radical (unpaired) electrons. The van der Waals surface area contributed by atoms with Crippen LogP contribution in [0, 0.1) is 0 Å². The van der Waals surface area contributed by atoms with Crippen LogP contribution in [0.1, 0.15) is 264 Å². The Kier molecular flexibility index (Phi) is 44.6. The molecule has 0 aromatic rings. The van der Waals surface area contributed by atoms with Gasteiger partial charge in [-0.25, -0.2) is 0 Å². The van der Waals surface area contributed by atoms with E-state index in [2.05, 4.69) is 43.5 Å². The molecule has 0 aliphatic carbocycles. The molecule has 1 amide bonds. The first-order valence-electron chi connectivity index (χ1n) is 28.2. The standard InChI is InChI=1S/C57H107NO8/c1-3-5-7-9-11-13-15-17-19-21-23-24-25-26-27-28-29-30-32-34-36-38-40-42-44-46-51(60)50(49-65-57-56(64)55(63)54(62)52(48-59)66-57)58-53(61)47-45-43-41-39-37-35-33-31-22-20-18-16-14-12-10-8-6-4-2/h20,22,36,38,44,46,50-52,54-57,59-60,62-64H,3-19,21,23-35,37,39-43,45,47-49H2,1-2H3,(H,58,61)/b22-20-,38-36+,46-44+. The van der Waals surface area contributed by atoms with Crippen LogP contribution >= 0.6 is 0 Å². The third-order valence-electron chi connectivity index (χ3n) is 13.4. The van der Waals surface area contributed by atoms with E-state index in [1.54, 1.807) is 6.08 Å². The Morgan fingerprint density at radius 1 is 0.500 bits per heavy atom. The summed E-state index contributed by atoms with van der Waals surface area (Å²) in [6.45, 7) is 3.78. The molecule has 388 valence electrons. The van der Waals surface area contributed by atoms with E-state index >= 15 is 0 Å². The van der Waals surface area contributed by atoms with E-state index in [0.29, 0.717) is 6.42 Å². The maximum atomic E-state index is 13.0. The smallest absolute Gasteiger partial charge is 0.220 e. The molecular weight excluding hydrogens is 827 g/mol. The Morgan fingerprint density at radius 2 is 0.864 bits per heavy atom. The Morgan fingerprint density at radius 3 is 1.27 bits per heavy atom. The maximum absolute atomic E-state index is 13.0. The predicted molar refractivity (Wildman–Crippen MR) is 276 cm³/mol. The van der Waals surface area contributed by atoms with Crippen molar-refractivity contribution in [3.63, 3.8) is 0 Å². The van der Waals surface area contributed by atoms with Gasteiger partial charge in [-0.15, -0.1) is 0 Å². The molecule has 0 spiro atoms. The second-order valence-corrected chi connectivity index (χ2v) is 19.7. The summed E-state index contributed by atoms with van der Waals surface area (Å²) in [7, 11) is 0. The van der Waals surface area contributed by atoms with Crippen molar-refractivity contribution in [3.8, 4) is 0 Å². The number of amides is 1. The summed E-state index contributed by atoms with van der Waals surface area (Å²) in [6.07, 6.45) is 53.5. The predicted octanol–water partition coefficient (Wildman–Crippen LogP) is 13.6. The van der Waals surface area contributed by atoms with E-state index in [4.69, 9.17) is 9.47 Å². The van der Waals surface area contributed by atoms with Crippen molar-refractivity contribution in [2.24, 2.45) is 0 Å². The van der Waals surface area contributed by atoms with Crippen LogP contribution in [0.25, 0.3) is 0 Å². The van der Waals surface area contributed by atoms with Crippen LogP contribution in [0.2, 0.25) is 0 Å². The van der Waals surface area contributed by atoms with Crippen LogP contribution in [0.3, 0.4) is 0 Å². The molecule has 7 unspecified atom stereocenters. The SMILES string of the molecule is CCCCCCCCC/C=C\CCCCCCCCCC(=O)NC(COC1OC(CO)C(O)C(O)C1O)C(O)/C=C/CC/C=C/CCCCCCCCCCCCCCCCCCCCC. The zero-order valence-corrected chi connectivity index (χ0v) is 43.0. The number of unbranched alkanes of at least 4 members (excludes halogenated alkanes) is 34. The third kappa shape index (κ3) is 36.4. The quantitative estimate of drug-likeness (QED) is 0.0261. The lowest BCUT2D eigenvalue weighted by Gasteiger charge is -2.40. The minimum atomic E-state index is -1.57. The number of hydrogen-bond donors (Lipinski definition) is 6. The number of ether oxygens (including phenoxy) is 2. The lowest BCUT2D eigenvalue weighted by Crippen LogP contribution is -2.60. The average Bonchev–Trinajstić information content (AvgIpc) is 3.32. The topological polar surface area (TPSA) is 149 Å². The molecule has 1 fully saturated rings.